The zero-order chi connectivity index (χ0) is 54.3. The van der Waals surface area contributed by atoms with Crippen LogP contribution >= 0.6 is 22.7 Å². The van der Waals surface area contributed by atoms with E-state index in [-0.39, 0.29) is 0 Å². The predicted octanol–water partition coefficient (Wildman–Crippen LogP) is 21.2. The summed E-state index contributed by atoms with van der Waals surface area (Å²) in [5.41, 5.74) is 17.7. The molecule has 0 spiro atoms. The van der Waals surface area contributed by atoms with Crippen LogP contribution in [0, 0.1) is 0 Å². The molecule has 0 aliphatic rings. The Balaban J connectivity index is 0.822. The summed E-state index contributed by atoms with van der Waals surface area (Å²) in [6.45, 7) is 0. The fraction of sp³-hybridized carbons (Fsp3) is 0. The molecule has 0 amide bonds. The van der Waals surface area contributed by atoms with Gasteiger partial charge in [-0.2, -0.15) is 0 Å². The molecule has 18 rings (SSSR count). The van der Waals surface area contributed by atoms with E-state index < -0.39 is 0 Å². The van der Waals surface area contributed by atoms with E-state index in [1.54, 1.807) is 0 Å². The first-order chi connectivity index (χ1) is 41.1. The van der Waals surface area contributed by atoms with Gasteiger partial charge in [0.25, 0.3) is 0 Å². The van der Waals surface area contributed by atoms with E-state index in [0.717, 1.165) is 66.6 Å². The number of fused-ring (bicyclic) bond motifs is 16. The van der Waals surface area contributed by atoms with Crippen molar-refractivity contribution in [3.63, 3.8) is 0 Å². The van der Waals surface area contributed by atoms with Crippen LogP contribution in [0.5, 0.6) is 0 Å². The minimum absolute atomic E-state index is 0.626. The molecule has 0 unspecified atom stereocenters. The van der Waals surface area contributed by atoms with Gasteiger partial charge in [-0.15, -0.1) is 22.7 Å². The van der Waals surface area contributed by atoms with E-state index in [0.29, 0.717) is 5.95 Å². The quantitative estimate of drug-likeness (QED) is 0.160. The largest absolute Gasteiger partial charge is 0.309 e. The number of thiophene rings is 2. The molecule has 0 saturated carbocycles. The average molecular weight is 1090 g/mol. The molecule has 0 saturated heterocycles. The molecule has 6 heterocycles. The molecule has 0 N–H and O–H groups in total. The summed E-state index contributed by atoms with van der Waals surface area (Å²) in [6, 6.07) is 99.7. The number of rotatable bonds is 7. The topological polar surface area (TPSA) is 40.6 Å². The Morgan fingerprint density at radius 3 is 1.30 bits per heavy atom. The molecule has 0 aliphatic carbocycles. The van der Waals surface area contributed by atoms with Crippen molar-refractivity contribution in [1.29, 1.82) is 0 Å². The van der Waals surface area contributed by atoms with Crippen molar-refractivity contribution in [3.8, 4) is 62.1 Å². The number of para-hydroxylation sites is 3. The Kier molecular flexibility index (Phi) is 10.1. The molecule has 6 aromatic heterocycles. The smallest absolute Gasteiger partial charge is 0.235 e. The normalized spacial score (nSPS) is 12.1. The summed E-state index contributed by atoms with van der Waals surface area (Å²) >= 11 is 3.75. The van der Waals surface area contributed by atoms with Gasteiger partial charge in [-0.1, -0.05) is 170 Å². The highest BCUT2D eigenvalue weighted by Gasteiger charge is 2.23. The van der Waals surface area contributed by atoms with Gasteiger partial charge in [0.05, 0.1) is 49.2 Å². The molecule has 7 heteroatoms. The molecule has 0 fully saturated rings. The zero-order valence-electron chi connectivity index (χ0n) is 44.5. The molecule has 18 aromatic rings. The summed E-state index contributed by atoms with van der Waals surface area (Å²) in [4.78, 5) is 10.9. The molecular formula is C76H45N5S2. The van der Waals surface area contributed by atoms with Crippen LogP contribution < -0.4 is 0 Å². The van der Waals surface area contributed by atoms with Gasteiger partial charge in [0.2, 0.25) is 5.95 Å². The molecule has 5 nitrogen and oxygen atoms in total. The van der Waals surface area contributed by atoms with Gasteiger partial charge in [0.15, 0.2) is 0 Å². The number of benzene rings is 12. The van der Waals surface area contributed by atoms with E-state index in [9.17, 15) is 0 Å². The highest BCUT2D eigenvalue weighted by atomic mass is 32.1. The lowest BCUT2D eigenvalue weighted by molar-refractivity contribution is 0.996. The maximum atomic E-state index is 5.44. The third-order valence-electron chi connectivity index (χ3n) is 17.0. The molecule has 0 radical (unpaired) electrons. The fourth-order valence-electron chi connectivity index (χ4n) is 13.2. The van der Waals surface area contributed by atoms with Gasteiger partial charge in [-0.3, -0.25) is 4.57 Å². The van der Waals surface area contributed by atoms with Gasteiger partial charge in [-0.05, 0) is 125 Å². The molecule has 83 heavy (non-hydrogen) atoms. The van der Waals surface area contributed by atoms with Crippen LogP contribution in [0.25, 0.3) is 168 Å². The molecular weight excluding hydrogens is 1050 g/mol. The van der Waals surface area contributed by atoms with Crippen molar-refractivity contribution in [3.05, 3.63) is 273 Å². The minimum atomic E-state index is 0.626. The van der Waals surface area contributed by atoms with Gasteiger partial charge in [0, 0.05) is 90.5 Å². The Bertz CT molecular complexity index is 5610. The van der Waals surface area contributed by atoms with Gasteiger partial charge in [0.1, 0.15) is 0 Å². The van der Waals surface area contributed by atoms with Crippen LogP contribution in [0.1, 0.15) is 0 Å². The van der Waals surface area contributed by atoms with Crippen LogP contribution in [0.3, 0.4) is 0 Å². The first-order valence-corrected chi connectivity index (χ1v) is 29.7. The standard InChI is InChI=1S/C76H45N5S2/c1-5-17-46(18-6-1)64-45-65(47-19-7-2-8-20-47)78-76(77-64)81-68-36-30-49(40-59(68)61-44-69-60(43-70(61)81)54-25-13-15-27-66(54)79(69)52-21-9-3-10-22-52)51-32-38-73-63(42-51)62-41-50(31-37-72(62)82-73)48-29-35-67-58(39-48)56-33-34-57-55-26-14-16-28-71(55)83-75(57)74(56)80(67)53-23-11-4-12-24-53/h1-45H. The van der Waals surface area contributed by atoms with E-state index in [2.05, 4.69) is 287 Å². The third kappa shape index (κ3) is 7.12. The average Bonchev–Trinajstić information content (AvgIpc) is 3.36. The first-order valence-electron chi connectivity index (χ1n) is 28.1. The number of aromatic nitrogens is 5. The Labute approximate surface area is 484 Å². The molecule has 386 valence electrons. The molecule has 0 bridgehead atoms. The van der Waals surface area contributed by atoms with Crippen molar-refractivity contribution >= 4 is 128 Å². The Morgan fingerprint density at radius 2 is 0.675 bits per heavy atom. The summed E-state index contributed by atoms with van der Waals surface area (Å²) in [6.07, 6.45) is 0. The SMILES string of the molecule is c1ccc(-c2cc(-c3ccccc3)nc(-n3c4ccc(-c5ccc6sc7ccc(-c8ccc9c(c8)c8ccc%10c%11ccccc%11sc%10c8n9-c8ccccc8)cc7c6c5)cc4c4cc5c(cc43)c3ccccc3n5-c3ccccc3)n2)cc1. The van der Waals surface area contributed by atoms with E-state index >= 15 is 0 Å². The second kappa shape index (κ2) is 18.0. The Morgan fingerprint density at radius 1 is 0.241 bits per heavy atom. The molecule has 0 atom stereocenters. The van der Waals surface area contributed by atoms with Crippen molar-refractivity contribution in [2.24, 2.45) is 0 Å². The van der Waals surface area contributed by atoms with Gasteiger partial charge >= 0.3 is 0 Å². The van der Waals surface area contributed by atoms with E-state index in [1.807, 2.05) is 22.7 Å². The molecule has 12 aromatic carbocycles. The number of hydrogen-bond donors (Lipinski definition) is 0. The zero-order valence-corrected chi connectivity index (χ0v) is 46.2. The van der Waals surface area contributed by atoms with Crippen LogP contribution in [0.15, 0.2) is 273 Å². The lowest BCUT2D eigenvalue weighted by Crippen LogP contribution is -2.04. The lowest BCUT2D eigenvalue weighted by atomic mass is 9.98. The highest BCUT2D eigenvalue weighted by molar-refractivity contribution is 7.26. The van der Waals surface area contributed by atoms with Crippen molar-refractivity contribution in [2.75, 3.05) is 0 Å². The second-order valence-corrected chi connectivity index (χ2v) is 23.8. The summed E-state index contributed by atoms with van der Waals surface area (Å²) in [7, 11) is 0. The predicted molar refractivity (Wildman–Crippen MR) is 353 cm³/mol. The lowest BCUT2D eigenvalue weighted by Gasteiger charge is -2.12. The molecule has 0 aliphatic heterocycles. The van der Waals surface area contributed by atoms with Gasteiger partial charge in [-0.25, -0.2) is 9.97 Å². The monoisotopic (exact) mass is 1090 g/mol. The van der Waals surface area contributed by atoms with E-state index in [1.165, 1.54) is 95.3 Å². The number of hydrogen-bond acceptors (Lipinski definition) is 4. The fourth-order valence-corrected chi connectivity index (χ4v) is 15.5. The summed E-state index contributed by atoms with van der Waals surface area (Å²) in [5, 5.41) is 12.3. The maximum absolute atomic E-state index is 5.44. The van der Waals surface area contributed by atoms with Crippen molar-refractivity contribution < 1.29 is 0 Å². The first kappa shape index (κ1) is 46.3. The summed E-state index contributed by atoms with van der Waals surface area (Å²) < 4.78 is 12.4. The second-order valence-electron chi connectivity index (χ2n) is 21.7. The third-order valence-corrected chi connectivity index (χ3v) is 19.4. The van der Waals surface area contributed by atoms with Crippen molar-refractivity contribution in [2.45, 2.75) is 0 Å². The number of nitrogens with zero attached hydrogens (tertiary/aromatic N) is 5. The van der Waals surface area contributed by atoms with Crippen LogP contribution in [-0.4, -0.2) is 23.7 Å². The van der Waals surface area contributed by atoms with Gasteiger partial charge < -0.3 is 9.13 Å². The van der Waals surface area contributed by atoms with Crippen LogP contribution in [0.4, 0.5) is 0 Å². The van der Waals surface area contributed by atoms with Crippen LogP contribution in [-0.2, 0) is 0 Å². The van der Waals surface area contributed by atoms with Crippen LogP contribution in [0.2, 0.25) is 0 Å². The Hall–Kier alpha value is -10.4. The van der Waals surface area contributed by atoms with Crippen molar-refractivity contribution in [1.82, 2.24) is 23.7 Å². The maximum Gasteiger partial charge on any atom is 0.235 e. The summed E-state index contributed by atoms with van der Waals surface area (Å²) in [5.74, 6) is 0.626. The minimum Gasteiger partial charge on any atom is -0.309 e. The van der Waals surface area contributed by atoms with E-state index in [4.69, 9.17) is 9.97 Å². The highest BCUT2D eigenvalue weighted by Crippen LogP contribution is 2.46.